The summed E-state index contributed by atoms with van der Waals surface area (Å²) in [5.74, 6) is -0.305. The highest BCUT2D eigenvalue weighted by Crippen LogP contribution is 2.22. The number of carbonyl (C=O) groups excluding carboxylic acids is 3. The normalized spacial score (nSPS) is 12.6. The third-order valence-electron chi connectivity index (χ3n) is 10.4. The maximum Gasteiger partial charge on any atom is 0.308 e. The standard InChI is InChI=1S/C44H86N2O5/c1-7-12-16-20-22-26-31-40(29-24-18-14-9-3)43(48)50-38-36-46(42(47)33-28-35-45(6)34-11-5)37-39-51-44(49)41(30-25-19-15-10-4)32-27-23-21-17-13-8-2/h40-41H,7-39H2,1-6H3. The molecular weight excluding hydrogens is 636 g/mol. The fourth-order valence-corrected chi connectivity index (χ4v) is 7.00. The molecule has 0 aromatic heterocycles. The number of hydrogen-bond donors (Lipinski definition) is 0. The van der Waals surface area contributed by atoms with Crippen LogP contribution in [0.3, 0.4) is 0 Å². The van der Waals surface area contributed by atoms with E-state index in [4.69, 9.17) is 9.47 Å². The summed E-state index contributed by atoms with van der Waals surface area (Å²) in [6, 6.07) is 0. The Kier molecular flexibility index (Phi) is 35.5. The minimum Gasteiger partial charge on any atom is -0.464 e. The SMILES string of the molecule is CCCCCCCCC(CCCCCC)C(=O)OCCN(CCOC(=O)C(CCCCCC)CCCCCCCC)C(=O)CCCN(C)CCC. The van der Waals surface area contributed by atoms with E-state index in [1.54, 1.807) is 4.90 Å². The highest BCUT2D eigenvalue weighted by molar-refractivity contribution is 5.76. The van der Waals surface area contributed by atoms with Gasteiger partial charge < -0.3 is 19.3 Å². The van der Waals surface area contributed by atoms with Gasteiger partial charge in [-0.3, -0.25) is 14.4 Å². The van der Waals surface area contributed by atoms with Gasteiger partial charge in [0.2, 0.25) is 5.91 Å². The molecule has 7 nitrogen and oxygen atoms in total. The smallest absolute Gasteiger partial charge is 0.308 e. The maximum absolute atomic E-state index is 13.4. The van der Waals surface area contributed by atoms with Crippen LogP contribution in [0.25, 0.3) is 0 Å². The van der Waals surface area contributed by atoms with Crippen molar-refractivity contribution in [3.63, 3.8) is 0 Å². The van der Waals surface area contributed by atoms with Crippen LogP contribution in [0.15, 0.2) is 0 Å². The highest BCUT2D eigenvalue weighted by atomic mass is 16.5. The molecular formula is C44H86N2O5. The number of ether oxygens (including phenoxy) is 2. The van der Waals surface area contributed by atoms with Gasteiger partial charge in [0.1, 0.15) is 13.2 Å². The van der Waals surface area contributed by atoms with Crippen LogP contribution in [0.2, 0.25) is 0 Å². The average Bonchev–Trinajstić information content (AvgIpc) is 3.12. The number of nitrogens with zero attached hydrogens (tertiary/aromatic N) is 2. The summed E-state index contributed by atoms with van der Waals surface area (Å²) in [5.41, 5.74) is 0. The van der Waals surface area contributed by atoms with Crippen molar-refractivity contribution in [2.24, 2.45) is 11.8 Å². The molecule has 0 aliphatic carbocycles. The Morgan fingerprint density at radius 3 is 1.16 bits per heavy atom. The molecule has 0 bridgehead atoms. The minimum absolute atomic E-state index is 0.0402. The Morgan fingerprint density at radius 2 is 0.784 bits per heavy atom. The molecule has 0 N–H and O–H groups in total. The van der Waals surface area contributed by atoms with Gasteiger partial charge in [-0.25, -0.2) is 0 Å². The van der Waals surface area contributed by atoms with E-state index in [2.05, 4.69) is 46.6 Å². The maximum atomic E-state index is 13.4. The van der Waals surface area contributed by atoms with E-state index < -0.39 is 0 Å². The van der Waals surface area contributed by atoms with Crippen molar-refractivity contribution < 1.29 is 23.9 Å². The molecule has 2 unspecified atom stereocenters. The Bertz CT molecular complexity index is 756. The predicted octanol–water partition coefficient (Wildman–Crippen LogP) is 11.7. The summed E-state index contributed by atoms with van der Waals surface area (Å²) in [6.07, 6.45) is 29.6. The Labute approximate surface area is 317 Å². The van der Waals surface area contributed by atoms with Gasteiger partial charge >= 0.3 is 11.9 Å². The van der Waals surface area contributed by atoms with Crippen molar-refractivity contribution in [3.8, 4) is 0 Å². The van der Waals surface area contributed by atoms with Crippen molar-refractivity contribution >= 4 is 17.8 Å². The first-order chi connectivity index (χ1) is 24.8. The molecule has 51 heavy (non-hydrogen) atoms. The van der Waals surface area contributed by atoms with Gasteiger partial charge in [0.05, 0.1) is 24.9 Å². The lowest BCUT2D eigenvalue weighted by atomic mass is 9.94. The lowest BCUT2D eigenvalue weighted by Crippen LogP contribution is -2.38. The van der Waals surface area contributed by atoms with E-state index >= 15 is 0 Å². The molecule has 0 fully saturated rings. The van der Waals surface area contributed by atoms with Gasteiger partial charge in [-0.2, -0.15) is 0 Å². The van der Waals surface area contributed by atoms with Crippen LogP contribution in [-0.4, -0.2) is 74.1 Å². The lowest BCUT2D eigenvalue weighted by Gasteiger charge is -2.24. The van der Waals surface area contributed by atoms with Gasteiger partial charge in [0.15, 0.2) is 0 Å². The molecule has 0 aromatic carbocycles. The molecule has 0 aromatic rings. The molecule has 0 saturated carbocycles. The molecule has 0 saturated heterocycles. The van der Waals surface area contributed by atoms with Crippen molar-refractivity contribution in [2.45, 2.75) is 208 Å². The van der Waals surface area contributed by atoms with Gasteiger partial charge in [0, 0.05) is 6.42 Å². The van der Waals surface area contributed by atoms with E-state index in [0.29, 0.717) is 19.5 Å². The van der Waals surface area contributed by atoms with Gasteiger partial charge in [0.25, 0.3) is 0 Å². The summed E-state index contributed by atoms with van der Waals surface area (Å²) in [6.45, 7) is 14.0. The average molecular weight is 723 g/mol. The van der Waals surface area contributed by atoms with Crippen LogP contribution in [0.5, 0.6) is 0 Å². The predicted molar refractivity (Wildman–Crippen MR) is 216 cm³/mol. The summed E-state index contributed by atoms with van der Waals surface area (Å²) < 4.78 is 11.7. The second-order valence-electron chi connectivity index (χ2n) is 15.3. The molecule has 0 rings (SSSR count). The van der Waals surface area contributed by atoms with Crippen LogP contribution in [0.4, 0.5) is 0 Å². The first-order valence-corrected chi connectivity index (χ1v) is 22.1. The number of hydrogen-bond acceptors (Lipinski definition) is 6. The van der Waals surface area contributed by atoms with Gasteiger partial charge in [-0.1, -0.05) is 163 Å². The Balaban J connectivity index is 5.26. The van der Waals surface area contributed by atoms with E-state index in [1.807, 2.05) is 0 Å². The molecule has 0 radical (unpaired) electrons. The second-order valence-corrected chi connectivity index (χ2v) is 15.3. The number of esters is 2. The van der Waals surface area contributed by atoms with E-state index in [9.17, 15) is 14.4 Å². The molecule has 2 atom stereocenters. The second kappa shape index (κ2) is 36.7. The van der Waals surface area contributed by atoms with E-state index in [-0.39, 0.29) is 42.9 Å². The fourth-order valence-electron chi connectivity index (χ4n) is 7.00. The zero-order chi connectivity index (χ0) is 37.8. The molecule has 7 heteroatoms. The van der Waals surface area contributed by atoms with Crippen molar-refractivity contribution in [1.29, 1.82) is 0 Å². The third-order valence-corrected chi connectivity index (χ3v) is 10.4. The van der Waals surface area contributed by atoms with E-state index in [0.717, 1.165) is 90.1 Å². The van der Waals surface area contributed by atoms with Crippen LogP contribution in [-0.2, 0) is 23.9 Å². The Morgan fingerprint density at radius 1 is 0.431 bits per heavy atom. The minimum atomic E-state index is -0.110. The zero-order valence-electron chi connectivity index (χ0n) is 34.9. The van der Waals surface area contributed by atoms with Crippen LogP contribution in [0.1, 0.15) is 208 Å². The van der Waals surface area contributed by atoms with Crippen molar-refractivity contribution in [2.75, 3.05) is 46.4 Å². The summed E-state index contributed by atoms with van der Waals surface area (Å²) in [4.78, 5) is 44.0. The summed E-state index contributed by atoms with van der Waals surface area (Å²) in [5, 5.41) is 0. The third kappa shape index (κ3) is 29.5. The molecule has 0 aliphatic heterocycles. The molecule has 0 heterocycles. The van der Waals surface area contributed by atoms with Crippen LogP contribution >= 0.6 is 0 Å². The quantitative estimate of drug-likeness (QED) is 0.0466. The topological polar surface area (TPSA) is 76.1 Å². The molecule has 0 spiro atoms. The first-order valence-electron chi connectivity index (χ1n) is 22.1. The van der Waals surface area contributed by atoms with Gasteiger partial charge in [-0.15, -0.1) is 0 Å². The molecule has 0 aliphatic rings. The fraction of sp³-hybridized carbons (Fsp3) is 0.932. The van der Waals surface area contributed by atoms with Crippen LogP contribution < -0.4 is 0 Å². The first kappa shape index (κ1) is 49.4. The molecule has 1 amide bonds. The Hall–Kier alpha value is -1.63. The highest BCUT2D eigenvalue weighted by Gasteiger charge is 2.23. The monoisotopic (exact) mass is 723 g/mol. The van der Waals surface area contributed by atoms with Crippen molar-refractivity contribution in [3.05, 3.63) is 0 Å². The van der Waals surface area contributed by atoms with E-state index in [1.165, 1.54) is 89.9 Å². The van der Waals surface area contributed by atoms with Crippen LogP contribution in [0, 0.1) is 11.8 Å². The lowest BCUT2D eigenvalue weighted by molar-refractivity contribution is -0.152. The molecule has 302 valence electrons. The number of amides is 1. The van der Waals surface area contributed by atoms with Crippen molar-refractivity contribution in [1.82, 2.24) is 9.80 Å². The summed E-state index contributed by atoms with van der Waals surface area (Å²) >= 11 is 0. The zero-order valence-corrected chi connectivity index (χ0v) is 34.9. The number of carbonyl (C=O) groups is 3. The number of unbranched alkanes of at least 4 members (excludes halogenated alkanes) is 16. The largest absolute Gasteiger partial charge is 0.464 e. The van der Waals surface area contributed by atoms with Gasteiger partial charge in [-0.05, 0) is 58.7 Å². The number of rotatable bonds is 38. The summed E-state index contributed by atoms with van der Waals surface area (Å²) in [7, 11) is 2.10.